The molecule has 5 heteroatoms. The number of hydrogen-bond acceptors (Lipinski definition) is 2. The van der Waals surface area contributed by atoms with Gasteiger partial charge in [-0.2, -0.15) is 5.10 Å². The van der Waals surface area contributed by atoms with Gasteiger partial charge in [0, 0.05) is 6.20 Å². The summed E-state index contributed by atoms with van der Waals surface area (Å²) in [6, 6.07) is 0. The van der Waals surface area contributed by atoms with E-state index in [0.29, 0.717) is 5.02 Å². The smallest absolute Gasteiger partial charge is 0.117 e. The van der Waals surface area contributed by atoms with Gasteiger partial charge in [-0.1, -0.05) is 11.6 Å². The zero-order valence-corrected chi connectivity index (χ0v) is 6.50. The Balaban J connectivity index is 2.50. The van der Waals surface area contributed by atoms with E-state index in [1.807, 2.05) is 0 Å². The Morgan fingerprint density at radius 3 is 3.00 bits per heavy atom. The van der Waals surface area contributed by atoms with Crippen LogP contribution in [-0.4, -0.2) is 27.7 Å². The molecule has 1 heterocycles. The van der Waals surface area contributed by atoms with Crippen molar-refractivity contribution in [3.63, 3.8) is 0 Å². The lowest BCUT2D eigenvalue weighted by Crippen LogP contribution is -2.17. The van der Waals surface area contributed by atoms with E-state index in [1.165, 1.54) is 17.1 Å². The molecule has 0 radical (unpaired) electrons. The summed E-state index contributed by atoms with van der Waals surface area (Å²) in [5.74, 6) is 0. The highest BCUT2D eigenvalue weighted by Crippen LogP contribution is 2.04. The van der Waals surface area contributed by atoms with E-state index >= 15 is 0 Å². The molecule has 0 fully saturated rings. The lowest BCUT2D eigenvalue weighted by molar-refractivity contribution is 0.118. The zero-order chi connectivity index (χ0) is 8.27. The van der Waals surface area contributed by atoms with Crippen molar-refractivity contribution >= 4 is 11.6 Å². The van der Waals surface area contributed by atoms with E-state index < -0.39 is 12.8 Å². The third-order valence-electron chi connectivity index (χ3n) is 1.18. The van der Waals surface area contributed by atoms with Gasteiger partial charge in [-0.3, -0.25) is 4.68 Å². The highest BCUT2D eigenvalue weighted by Gasteiger charge is 2.04. The van der Waals surface area contributed by atoms with E-state index in [0.717, 1.165) is 0 Å². The van der Waals surface area contributed by atoms with E-state index in [4.69, 9.17) is 16.7 Å². The van der Waals surface area contributed by atoms with Crippen molar-refractivity contribution in [3.8, 4) is 0 Å². The summed E-state index contributed by atoms with van der Waals surface area (Å²) < 4.78 is 13.2. The van der Waals surface area contributed by atoms with Crippen molar-refractivity contribution in [1.82, 2.24) is 9.78 Å². The fourth-order valence-electron chi connectivity index (χ4n) is 0.703. The minimum atomic E-state index is -0.994. The van der Waals surface area contributed by atoms with Gasteiger partial charge in [-0.05, 0) is 0 Å². The number of alkyl halides is 1. The average molecular weight is 179 g/mol. The molecule has 1 aromatic heterocycles. The lowest BCUT2D eigenvalue weighted by atomic mass is 10.4. The summed E-state index contributed by atoms with van der Waals surface area (Å²) in [5, 5.41) is 13.1. The summed E-state index contributed by atoms with van der Waals surface area (Å²) >= 11 is 5.53. The minimum absolute atomic E-state index is 0.142. The van der Waals surface area contributed by atoms with Gasteiger partial charge in [0.05, 0.1) is 17.8 Å². The van der Waals surface area contributed by atoms with Crippen LogP contribution in [0.3, 0.4) is 0 Å². The van der Waals surface area contributed by atoms with Crippen molar-refractivity contribution in [1.29, 1.82) is 0 Å². The third-order valence-corrected chi connectivity index (χ3v) is 1.37. The molecule has 0 aliphatic heterocycles. The van der Waals surface area contributed by atoms with Gasteiger partial charge < -0.3 is 5.11 Å². The number of aromatic nitrogens is 2. The Hall–Kier alpha value is -0.610. The van der Waals surface area contributed by atoms with Crippen molar-refractivity contribution in [3.05, 3.63) is 17.4 Å². The van der Waals surface area contributed by atoms with Gasteiger partial charge in [0.2, 0.25) is 0 Å². The molecule has 0 bridgehead atoms. The van der Waals surface area contributed by atoms with Gasteiger partial charge in [0.1, 0.15) is 12.8 Å². The molecule has 0 saturated heterocycles. The first-order valence-corrected chi connectivity index (χ1v) is 3.52. The number of aliphatic hydroxyl groups excluding tert-OH is 1. The number of hydrogen-bond donors (Lipinski definition) is 1. The van der Waals surface area contributed by atoms with Crippen LogP contribution in [-0.2, 0) is 6.54 Å². The van der Waals surface area contributed by atoms with Crippen LogP contribution < -0.4 is 0 Å². The van der Waals surface area contributed by atoms with Crippen molar-refractivity contribution in [2.24, 2.45) is 0 Å². The zero-order valence-electron chi connectivity index (χ0n) is 5.74. The molecule has 0 aromatic carbocycles. The molecule has 0 aliphatic rings. The van der Waals surface area contributed by atoms with Crippen molar-refractivity contribution < 1.29 is 9.50 Å². The van der Waals surface area contributed by atoms with E-state index in [1.54, 1.807) is 0 Å². The second-order valence-corrected chi connectivity index (χ2v) is 2.63. The van der Waals surface area contributed by atoms with Gasteiger partial charge in [-0.15, -0.1) is 0 Å². The van der Waals surface area contributed by atoms with E-state index in [2.05, 4.69) is 5.10 Å². The minimum Gasteiger partial charge on any atom is -0.388 e. The van der Waals surface area contributed by atoms with E-state index in [9.17, 15) is 4.39 Å². The number of aliphatic hydroxyl groups is 1. The summed E-state index contributed by atoms with van der Waals surface area (Å²) in [6.07, 6.45) is 1.97. The first-order valence-electron chi connectivity index (χ1n) is 3.14. The molecule has 0 spiro atoms. The summed E-state index contributed by atoms with van der Waals surface area (Å²) in [4.78, 5) is 0. The fraction of sp³-hybridized carbons (Fsp3) is 0.500. The highest BCUT2D eigenvalue weighted by atomic mass is 35.5. The van der Waals surface area contributed by atoms with E-state index in [-0.39, 0.29) is 6.54 Å². The first kappa shape index (κ1) is 8.49. The maximum atomic E-state index is 11.8. The molecule has 1 N–H and O–H groups in total. The second-order valence-electron chi connectivity index (χ2n) is 2.19. The van der Waals surface area contributed by atoms with Crippen LogP contribution in [0, 0.1) is 0 Å². The predicted octanol–water partition coefficient (Wildman–Crippen LogP) is 0.867. The van der Waals surface area contributed by atoms with Crippen molar-refractivity contribution in [2.45, 2.75) is 12.6 Å². The van der Waals surface area contributed by atoms with Crippen LogP contribution in [0.1, 0.15) is 0 Å². The molecule has 0 saturated carbocycles. The quantitative estimate of drug-likeness (QED) is 0.746. The molecule has 1 unspecified atom stereocenters. The molecule has 0 aliphatic carbocycles. The molecule has 1 atom stereocenters. The maximum absolute atomic E-state index is 11.8. The largest absolute Gasteiger partial charge is 0.388 e. The Kier molecular flexibility index (Phi) is 2.84. The third kappa shape index (κ3) is 2.48. The topological polar surface area (TPSA) is 38.0 Å². The Labute approximate surface area is 68.4 Å². The standard InChI is InChI=1S/C6H8ClFN2O/c7-5-2-9-10(3-5)4-6(11)1-8/h2-3,6,11H,1,4H2. The summed E-state index contributed by atoms with van der Waals surface area (Å²) in [6.45, 7) is -0.624. The molecule has 3 nitrogen and oxygen atoms in total. The fourth-order valence-corrected chi connectivity index (χ4v) is 0.859. The Bertz CT molecular complexity index is 228. The van der Waals surface area contributed by atoms with Gasteiger partial charge in [0.15, 0.2) is 0 Å². The first-order chi connectivity index (χ1) is 5.22. The molecule has 0 amide bonds. The van der Waals surface area contributed by atoms with Crippen LogP contribution in [0.4, 0.5) is 4.39 Å². The van der Waals surface area contributed by atoms with Crippen LogP contribution in [0.5, 0.6) is 0 Å². The van der Waals surface area contributed by atoms with Crippen molar-refractivity contribution in [2.75, 3.05) is 6.67 Å². The van der Waals surface area contributed by atoms with Crippen LogP contribution >= 0.6 is 11.6 Å². The molecule has 1 aromatic rings. The second kappa shape index (κ2) is 3.69. The van der Waals surface area contributed by atoms with Crippen LogP contribution in [0.2, 0.25) is 5.02 Å². The Morgan fingerprint density at radius 1 is 1.82 bits per heavy atom. The predicted molar refractivity (Wildman–Crippen MR) is 39.2 cm³/mol. The summed E-state index contributed by atoms with van der Waals surface area (Å²) in [7, 11) is 0. The van der Waals surface area contributed by atoms with Crippen LogP contribution in [0.15, 0.2) is 12.4 Å². The molecular formula is C6H8ClFN2O. The average Bonchev–Trinajstić information content (AvgIpc) is 2.35. The molecular weight excluding hydrogens is 171 g/mol. The normalized spacial score (nSPS) is 13.4. The highest BCUT2D eigenvalue weighted by molar-refractivity contribution is 6.30. The SMILES string of the molecule is OC(CF)Cn1cc(Cl)cn1. The lowest BCUT2D eigenvalue weighted by Gasteiger charge is -2.04. The van der Waals surface area contributed by atoms with Gasteiger partial charge in [0.25, 0.3) is 0 Å². The Morgan fingerprint density at radius 2 is 2.55 bits per heavy atom. The number of nitrogens with zero attached hydrogens (tertiary/aromatic N) is 2. The number of halogens is 2. The van der Waals surface area contributed by atoms with Gasteiger partial charge >= 0.3 is 0 Å². The molecule has 11 heavy (non-hydrogen) atoms. The van der Waals surface area contributed by atoms with Gasteiger partial charge in [-0.25, -0.2) is 4.39 Å². The number of rotatable bonds is 3. The van der Waals surface area contributed by atoms with Crippen LogP contribution in [0.25, 0.3) is 0 Å². The molecule has 1 rings (SSSR count). The summed E-state index contributed by atoms with van der Waals surface area (Å²) in [5.41, 5.74) is 0. The maximum Gasteiger partial charge on any atom is 0.117 e. The molecule has 62 valence electrons. The monoisotopic (exact) mass is 178 g/mol.